The van der Waals surface area contributed by atoms with Gasteiger partial charge in [0, 0.05) is 24.9 Å². The van der Waals surface area contributed by atoms with Gasteiger partial charge < -0.3 is 20.1 Å². The first-order valence-corrected chi connectivity index (χ1v) is 12.0. The molecule has 4 rings (SSSR count). The molecule has 0 saturated carbocycles. The summed E-state index contributed by atoms with van der Waals surface area (Å²) < 4.78 is 5.64. The Labute approximate surface area is 200 Å². The minimum atomic E-state index is -0.864. The number of nitrogens with one attached hydrogen (secondary N) is 1. The normalized spacial score (nSPS) is 17.9. The van der Waals surface area contributed by atoms with Gasteiger partial charge in [-0.15, -0.1) is 0 Å². The van der Waals surface area contributed by atoms with Gasteiger partial charge in [-0.05, 0) is 47.4 Å². The highest BCUT2D eigenvalue weighted by atomic mass is 16.5. The summed E-state index contributed by atoms with van der Waals surface area (Å²) >= 11 is 0. The van der Waals surface area contributed by atoms with E-state index in [2.05, 4.69) is 29.6 Å². The Morgan fingerprint density at radius 3 is 2.26 bits per heavy atom. The minimum Gasteiger partial charge on any atom is -0.481 e. The maximum absolute atomic E-state index is 13.3. The van der Waals surface area contributed by atoms with Crippen LogP contribution in [0.25, 0.3) is 11.1 Å². The van der Waals surface area contributed by atoms with Crippen LogP contribution in [0.5, 0.6) is 0 Å². The molecule has 2 N–H and O–H groups in total. The zero-order chi connectivity index (χ0) is 24.2. The summed E-state index contributed by atoms with van der Waals surface area (Å²) in [6, 6.07) is 15.5. The van der Waals surface area contributed by atoms with Gasteiger partial charge in [0.2, 0.25) is 5.91 Å². The summed E-state index contributed by atoms with van der Waals surface area (Å²) in [5.41, 5.74) is 4.57. The number of carbonyl (C=O) groups is 3. The van der Waals surface area contributed by atoms with E-state index in [-0.39, 0.29) is 36.8 Å². The van der Waals surface area contributed by atoms with Gasteiger partial charge in [-0.1, -0.05) is 62.4 Å². The van der Waals surface area contributed by atoms with E-state index in [9.17, 15) is 14.4 Å². The second-order valence-corrected chi connectivity index (χ2v) is 9.45. The van der Waals surface area contributed by atoms with Crippen molar-refractivity contribution < 1.29 is 24.2 Å². The molecule has 1 aliphatic carbocycles. The van der Waals surface area contributed by atoms with Crippen molar-refractivity contribution in [2.24, 2.45) is 5.92 Å². The first-order valence-electron chi connectivity index (χ1n) is 12.0. The van der Waals surface area contributed by atoms with E-state index in [1.54, 1.807) is 4.90 Å². The van der Waals surface area contributed by atoms with Crippen LogP contribution >= 0.6 is 0 Å². The Kier molecular flexibility index (Phi) is 7.20. The van der Waals surface area contributed by atoms with E-state index in [0.29, 0.717) is 13.0 Å². The number of aliphatic carboxylic acids is 1. The Hall–Kier alpha value is -3.35. The second-order valence-electron chi connectivity index (χ2n) is 9.45. The number of carbonyl (C=O) groups excluding carboxylic acids is 2. The van der Waals surface area contributed by atoms with Crippen LogP contribution < -0.4 is 5.32 Å². The monoisotopic (exact) mass is 464 g/mol. The lowest BCUT2D eigenvalue weighted by molar-refractivity contribution is -0.139. The summed E-state index contributed by atoms with van der Waals surface area (Å²) in [6.45, 7) is 4.53. The molecule has 0 spiro atoms. The van der Waals surface area contributed by atoms with Gasteiger partial charge in [0.05, 0.1) is 0 Å². The molecule has 1 unspecified atom stereocenters. The molecular formula is C27H32N2O5. The molecule has 34 heavy (non-hydrogen) atoms. The second kappa shape index (κ2) is 10.3. The zero-order valence-corrected chi connectivity index (χ0v) is 19.7. The average Bonchev–Trinajstić information content (AvgIpc) is 3.42. The number of hydrogen-bond acceptors (Lipinski definition) is 4. The highest BCUT2D eigenvalue weighted by Gasteiger charge is 2.36. The molecule has 2 atom stereocenters. The number of benzene rings is 2. The van der Waals surface area contributed by atoms with E-state index in [4.69, 9.17) is 9.84 Å². The van der Waals surface area contributed by atoms with Crippen molar-refractivity contribution in [3.8, 4) is 11.1 Å². The molecule has 0 radical (unpaired) electrons. The topological polar surface area (TPSA) is 95.9 Å². The quantitative estimate of drug-likeness (QED) is 0.604. The standard InChI is InChI=1S/C27H32N2O5/c1-17(2)25(26(32)29-15-7-8-18(29)13-14-24(30)31)28-27(33)34-16-23-21-11-5-3-9-19(21)20-10-4-6-12-22(20)23/h3-6,9-12,17-18,23,25H,7-8,13-16H2,1-2H3,(H,28,33)(H,30,31)/t18?,25-/m1/s1. The number of fused-ring (bicyclic) bond motifs is 3. The first-order chi connectivity index (χ1) is 16.4. The van der Waals surface area contributed by atoms with Gasteiger partial charge in [-0.2, -0.15) is 0 Å². The molecular weight excluding hydrogens is 432 g/mol. The summed E-state index contributed by atoms with van der Waals surface area (Å²) in [6.07, 6.45) is 1.47. The molecule has 1 aliphatic heterocycles. The number of ether oxygens (including phenoxy) is 1. The van der Waals surface area contributed by atoms with Gasteiger partial charge in [-0.25, -0.2) is 4.79 Å². The molecule has 0 aromatic heterocycles. The van der Waals surface area contributed by atoms with Crippen molar-refractivity contribution in [2.45, 2.75) is 57.5 Å². The van der Waals surface area contributed by atoms with Crippen LogP contribution in [-0.4, -0.2) is 53.2 Å². The predicted octanol–water partition coefficient (Wildman–Crippen LogP) is 4.41. The lowest BCUT2D eigenvalue weighted by atomic mass is 9.98. The molecule has 7 heteroatoms. The number of amides is 2. The van der Waals surface area contributed by atoms with Crippen LogP contribution in [0.4, 0.5) is 4.79 Å². The van der Waals surface area contributed by atoms with Gasteiger partial charge in [0.15, 0.2) is 0 Å². The zero-order valence-electron chi connectivity index (χ0n) is 19.7. The van der Waals surface area contributed by atoms with Crippen molar-refractivity contribution in [1.29, 1.82) is 0 Å². The summed E-state index contributed by atoms with van der Waals surface area (Å²) in [5.74, 6) is -1.22. The van der Waals surface area contributed by atoms with Crippen molar-refractivity contribution in [2.75, 3.05) is 13.2 Å². The molecule has 1 heterocycles. The fraction of sp³-hybridized carbons (Fsp3) is 0.444. The molecule has 1 saturated heterocycles. The van der Waals surface area contributed by atoms with Crippen molar-refractivity contribution in [3.05, 3.63) is 59.7 Å². The van der Waals surface area contributed by atoms with Crippen LogP contribution in [0.2, 0.25) is 0 Å². The molecule has 2 aliphatic rings. The lowest BCUT2D eigenvalue weighted by Crippen LogP contribution is -2.52. The molecule has 180 valence electrons. The van der Waals surface area contributed by atoms with Gasteiger partial charge >= 0.3 is 12.1 Å². The Bertz CT molecular complexity index is 1020. The number of rotatable bonds is 8. The van der Waals surface area contributed by atoms with E-state index in [0.717, 1.165) is 35.1 Å². The van der Waals surface area contributed by atoms with Crippen LogP contribution in [0.1, 0.15) is 56.6 Å². The minimum absolute atomic E-state index is 0.0284. The smallest absolute Gasteiger partial charge is 0.407 e. The number of carboxylic acids is 1. The fourth-order valence-corrected chi connectivity index (χ4v) is 5.18. The molecule has 1 fully saturated rings. The molecule has 7 nitrogen and oxygen atoms in total. The Morgan fingerprint density at radius 1 is 1.06 bits per heavy atom. The first kappa shape index (κ1) is 23.8. The SMILES string of the molecule is CC(C)[C@@H](NC(=O)OCC1c2ccccc2-c2ccccc21)C(=O)N1CCCC1CCC(=O)O. The van der Waals surface area contributed by atoms with Crippen molar-refractivity contribution in [3.63, 3.8) is 0 Å². The number of alkyl carbamates (subject to hydrolysis) is 1. The fourth-order valence-electron chi connectivity index (χ4n) is 5.18. The molecule has 2 aromatic carbocycles. The van der Waals surface area contributed by atoms with Gasteiger partial charge in [0.25, 0.3) is 0 Å². The van der Waals surface area contributed by atoms with Crippen LogP contribution in [-0.2, 0) is 14.3 Å². The summed E-state index contributed by atoms with van der Waals surface area (Å²) in [7, 11) is 0. The number of carboxylic acid groups (broad SMARTS) is 1. The van der Waals surface area contributed by atoms with Crippen molar-refractivity contribution in [1.82, 2.24) is 10.2 Å². The number of hydrogen-bond donors (Lipinski definition) is 2. The third kappa shape index (κ3) is 4.93. The predicted molar refractivity (Wildman–Crippen MR) is 128 cm³/mol. The van der Waals surface area contributed by atoms with Gasteiger partial charge in [-0.3, -0.25) is 9.59 Å². The third-order valence-corrected chi connectivity index (χ3v) is 6.90. The van der Waals surface area contributed by atoms with Crippen molar-refractivity contribution >= 4 is 18.0 Å². The highest BCUT2D eigenvalue weighted by Crippen LogP contribution is 2.44. The maximum Gasteiger partial charge on any atom is 0.407 e. The molecule has 0 bridgehead atoms. The van der Waals surface area contributed by atoms with E-state index < -0.39 is 18.1 Å². The highest BCUT2D eigenvalue weighted by molar-refractivity contribution is 5.86. The summed E-state index contributed by atoms with van der Waals surface area (Å²) in [4.78, 5) is 38.8. The maximum atomic E-state index is 13.3. The van der Waals surface area contributed by atoms with Crippen LogP contribution in [0.15, 0.2) is 48.5 Å². The van der Waals surface area contributed by atoms with E-state index >= 15 is 0 Å². The average molecular weight is 465 g/mol. The summed E-state index contributed by atoms with van der Waals surface area (Å²) in [5, 5.41) is 11.8. The number of nitrogens with zero attached hydrogens (tertiary/aromatic N) is 1. The Balaban J connectivity index is 1.40. The van der Waals surface area contributed by atoms with E-state index in [1.807, 2.05) is 38.1 Å². The van der Waals surface area contributed by atoms with E-state index in [1.165, 1.54) is 0 Å². The van der Waals surface area contributed by atoms with Gasteiger partial charge in [0.1, 0.15) is 12.6 Å². The lowest BCUT2D eigenvalue weighted by Gasteiger charge is -2.31. The van der Waals surface area contributed by atoms with Crippen LogP contribution in [0, 0.1) is 5.92 Å². The third-order valence-electron chi connectivity index (χ3n) is 6.90. The van der Waals surface area contributed by atoms with Crippen LogP contribution in [0.3, 0.4) is 0 Å². The Morgan fingerprint density at radius 2 is 1.68 bits per heavy atom. The largest absolute Gasteiger partial charge is 0.481 e. The molecule has 2 aromatic rings. The number of likely N-dealkylation sites (tertiary alicyclic amines) is 1. The molecule has 2 amide bonds.